The lowest BCUT2D eigenvalue weighted by atomic mass is 10.1. The van der Waals surface area contributed by atoms with E-state index in [-0.39, 0.29) is 18.5 Å². The van der Waals surface area contributed by atoms with Gasteiger partial charge in [-0.1, -0.05) is 84.4 Å². The fraction of sp³-hybridized carbons (Fsp3) is 0.192. The summed E-state index contributed by atoms with van der Waals surface area (Å²) in [4.78, 5) is 19.6. The molecule has 168 valence electrons. The van der Waals surface area contributed by atoms with Crippen molar-refractivity contribution in [2.75, 3.05) is 11.4 Å². The molecule has 0 aliphatic carbocycles. The summed E-state index contributed by atoms with van der Waals surface area (Å²) in [6.45, 7) is 2.76. The van der Waals surface area contributed by atoms with Crippen molar-refractivity contribution in [1.29, 1.82) is 0 Å². The van der Waals surface area contributed by atoms with E-state index >= 15 is 0 Å². The molecule has 0 aliphatic rings. The number of carbonyl (C=O) groups excluding carboxylic acids is 1. The maximum absolute atomic E-state index is 12.9. The Hall–Kier alpha value is -3.22. The van der Waals surface area contributed by atoms with E-state index in [1.54, 1.807) is 0 Å². The number of carbonyl (C=O) groups is 1. The number of hydrogen-bond donors (Lipinski definition) is 1. The molecule has 1 unspecified atom stereocenters. The van der Waals surface area contributed by atoms with Crippen molar-refractivity contribution >= 4 is 34.2 Å². The van der Waals surface area contributed by atoms with Crippen LogP contribution in [0.15, 0.2) is 84.9 Å². The third-order valence-corrected chi connectivity index (χ3v) is 6.30. The van der Waals surface area contributed by atoms with E-state index in [9.17, 15) is 4.79 Å². The minimum Gasteiger partial charge on any atom is -0.348 e. The van der Waals surface area contributed by atoms with Crippen LogP contribution >= 0.6 is 23.1 Å². The van der Waals surface area contributed by atoms with Gasteiger partial charge in [-0.25, -0.2) is 4.98 Å². The van der Waals surface area contributed by atoms with Crippen LogP contribution in [0.1, 0.15) is 35.5 Å². The Kier molecular flexibility index (Phi) is 7.70. The highest BCUT2D eigenvalue weighted by Gasteiger charge is 2.18. The average Bonchev–Trinajstić information content (AvgIpc) is 3.30. The smallest absolute Gasteiger partial charge is 0.240 e. The number of aromatic nitrogens is 2. The van der Waals surface area contributed by atoms with Crippen molar-refractivity contribution in [3.8, 4) is 0 Å². The summed E-state index contributed by atoms with van der Waals surface area (Å²) in [6, 6.07) is 27.6. The standard InChI is InChI=1S/C26H25ClN4OS/c1-19(22-10-6-3-7-11-22)28-25(32)18-31(17-21-8-4-2-5-9-21)26-29-24(30-33-26)16-20-12-14-23(27)15-13-20/h2-15,19H,16-18H2,1H3,(H,28,32). The maximum atomic E-state index is 12.9. The first kappa shape index (κ1) is 23.0. The minimum atomic E-state index is -0.0767. The first-order chi connectivity index (χ1) is 16.1. The van der Waals surface area contributed by atoms with Gasteiger partial charge in [0.25, 0.3) is 0 Å². The molecule has 33 heavy (non-hydrogen) atoms. The van der Waals surface area contributed by atoms with Crippen LogP contribution in [-0.2, 0) is 17.8 Å². The Bertz CT molecular complexity index is 1170. The predicted octanol–water partition coefficient (Wildman–Crippen LogP) is 5.67. The Morgan fingerprint density at radius 2 is 1.64 bits per heavy atom. The SMILES string of the molecule is CC(NC(=O)CN(Cc1ccccc1)c1nc(Cc2ccc(Cl)cc2)ns1)c1ccccc1. The fourth-order valence-corrected chi connectivity index (χ4v) is 4.32. The summed E-state index contributed by atoms with van der Waals surface area (Å²) in [5.41, 5.74) is 3.27. The number of amides is 1. The number of hydrogen-bond acceptors (Lipinski definition) is 5. The van der Waals surface area contributed by atoms with Crippen LogP contribution in [0.4, 0.5) is 5.13 Å². The monoisotopic (exact) mass is 476 g/mol. The number of anilines is 1. The Morgan fingerprint density at radius 3 is 2.33 bits per heavy atom. The minimum absolute atomic E-state index is 0.0586. The summed E-state index contributed by atoms with van der Waals surface area (Å²) in [7, 11) is 0. The summed E-state index contributed by atoms with van der Waals surface area (Å²) in [5, 5.41) is 4.53. The van der Waals surface area contributed by atoms with E-state index in [0.717, 1.165) is 27.6 Å². The van der Waals surface area contributed by atoms with Crippen molar-refractivity contribution < 1.29 is 4.79 Å². The molecule has 0 radical (unpaired) electrons. The van der Waals surface area contributed by atoms with E-state index in [1.165, 1.54) is 11.5 Å². The molecular formula is C26H25ClN4OS. The number of nitrogens with one attached hydrogen (secondary N) is 1. The first-order valence-corrected chi connectivity index (χ1v) is 11.9. The second-order valence-electron chi connectivity index (χ2n) is 7.84. The zero-order chi connectivity index (χ0) is 23.0. The number of nitrogens with zero attached hydrogens (tertiary/aromatic N) is 3. The Balaban J connectivity index is 1.48. The summed E-state index contributed by atoms with van der Waals surface area (Å²) < 4.78 is 4.54. The molecule has 1 aromatic heterocycles. The van der Waals surface area contributed by atoms with E-state index in [0.29, 0.717) is 18.0 Å². The van der Waals surface area contributed by atoms with Gasteiger partial charge < -0.3 is 10.2 Å². The van der Waals surface area contributed by atoms with Crippen molar-refractivity contribution in [2.45, 2.75) is 25.9 Å². The molecule has 1 heterocycles. The zero-order valence-electron chi connectivity index (χ0n) is 18.3. The molecule has 0 saturated heterocycles. The lowest BCUT2D eigenvalue weighted by molar-refractivity contribution is -0.120. The van der Waals surface area contributed by atoms with Gasteiger partial charge in [-0.3, -0.25) is 4.79 Å². The molecule has 4 rings (SSSR count). The van der Waals surface area contributed by atoms with Crippen LogP contribution in [0.5, 0.6) is 0 Å². The van der Waals surface area contributed by atoms with Gasteiger partial charge in [-0.2, -0.15) is 4.37 Å². The molecule has 5 nitrogen and oxygen atoms in total. The predicted molar refractivity (Wildman–Crippen MR) is 135 cm³/mol. The second-order valence-corrected chi connectivity index (χ2v) is 9.00. The number of benzene rings is 3. The molecule has 1 amide bonds. The third kappa shape index (κ3) is 6.63. The van der Waals surface area contributed by atoms with Gasteiger partial charge in [0, 0.05) is 29.5 Å². The lowest BCUT2D eigenvalue weighted by Gasteiger charge is -2.22. The number of halogens is 1. The summed E-state index contributed by atoms with van der Waals surface area (Å²) in [5.74, 6) is 0.671. The largest absolute Gasteiger partial charge is 0.348 e. The van der Waals surface area contributed by atoms with Crippen molar-refractivity contribution in [2.24, 2.45) is 0 Å². The third-order valence-electron chi connectivity index (χ3n) is 5.23. The van der Waals surface area contributed by atoms with Crippen molar-refractivity contribution in [3.05, 3.63) is 112 Å². The number of rotatable bonds is 9. The second kappa shape index (κ2) is 11.1. The highest BCUT2D eigenvalue weighted by Crippen LogP contribution is 2.22. The summed E-state index contributed by atoms with van der Waals surface area (Å²) in [6.07, 6.45) is 0.615. The molecule has 0 fully saturated rings. The van der Waals surface area contributed by atoms with Gasteiger partial charge in [-0.15, -0.1) is 0 Å². The van der Waals surface area contributed by atoms with Crippen LogP contribution in [0.3, 0.4) is 0 Å². The average molecular weight is 477 g/mol. The van der Waals surface area contributed by atoms with E-state index in [4.69, 9.17) is 16.6 Å². The van der Waals surface area contributed by atoms with Gasteiger partial charge in [0.15, 0.2) is 0 Å². The van der Waals surface area contributed by atoms with Crippen molar-refractivity contribution in [3.63, 3.8) is 0 Å². The van der Waals surface area contributed by atoms with Crippen LogP contribution in [0.25, 0.3) is 0 Å². The zero-order valence-corrected chi connectivity index (χ0v) is 19.9. The topological polar surface area (TPSA) is 58.1 Å². The van der Waals surface area contributed by atoms with Crippen molar-refractivity contribution in [1.82, 2.24) is 14.7 Å². The van der Waals surface area contributed by atoms with Crippen LogP contribution < -0.4 is 10.2 Å². The van der Waals surface area contributed by atoms with Gasteiger partial charge in [0.2, 0.25) is 11.0 Å². The molecular weight excluding hydrogens is 452 g/mol. The normalized spacial score (nSPS) is 11.7. The molecule has 4 aromatic rings. The van der Waals surface area contributed by atoms with E-state index in [2.05, 4.69) is 9.69 Å². The Labute approximate surface area is 203 Å². The molecule has 1 N–H and O–H groups in total. The van der Waals surface area contributed by atoms with Crippen LogP contribution in [0, 0.1) is 0 Å². The molecule has 7 heteroatoms. The molecule has 0 bridgehead atoms. The van der Waals surface area contributed by atoms with Gasteiger partial charge in [0.05, 0.1) is 12.6 Å². The highest BCUT2D eigenvalue weighted by atomic mass is 35.5. The van der Waals surface area contributed by atoms with E-state index < -0.39 is 0 Å². The van der Waals surface area contributed by atoms with Gasteiger partial charge in [0.1, 0.15) is 5.82 Å². The quantitative estimate of drug-likeness (QED) is 0.338. The summed E-state index contributed by atoms with van der Waals surface area (Å²) >= 11 is 7.30. The van der Waals surface area contributed by atoms with Gasteiger partial charge >= 0.3 is 0 Å². The molecule has 0 spiro atoms. The Morgan fingerprint density at radius 1 is 0.970 bits per heavy atom. The van der Waals surface area contributed by atoms with Gasteiger partial charge in [-0.05, 0) is 35.7 Å². The highest BCUT2D eigenvalue weighted by molar-refractivity contribution is 7.09. The molecule has 0 aliphatic heterocycles. The maximum Gasteiger partial charge on any atom is 0.240 e. The first-order valence-electron chi connectivity index (χ1n) is 10.8. The van der Waals surface area contributed by atoms with Crippen LogP contribution in [0.2, 0.25) is 5.02 Å². The molecule has 1 atom stereocenters. The lowest BCUT2D eigenvalue weighted by Crippen LogP contribution is -2.38. The van der Waals surface area contributed by atoms with Crippen LogP contribution in [-0.4, -0.2) is 21.8 Å². The molecule has 0 saturated carbocycles. The fourth-order valence-electron chi connectivity index (χ4n) is 3.51. The van der Waals surface area contributed by atoms with E-state index in [1.807, 2.05) is 96.8 Å². The molecule has 3 aromatic carbocycles.